The lowest BCUT2D eigenvalue weighted by atomic mass is 10.1. The van der Waals surface area contributed by atoms with E-state index in [1.165, 1.54) is 11.1 Å². The molecule has 0 heterocycles. The Morgan fingerprint density at radius 1 is 0.696 bits per heavy atom. The van der Waals surface area contributed by atoms with Gasteiger partial charge in [0.05, 0.1) is 0 Å². The maximum atomic E-state index is 6.14. The van der Waals surface area contributed by atoms with Crippen LogP contribution in [0, 0.1) is 0 Å². The van der Waals surface area contributed by atoms with Crippen LogP contribution in [0.1, 0.15) is 17.5 Å². The fourth-order valence-electron chi connectivity index (χ4n) is 2.56. The van der Waals surface area contributed by atoms with Crippen molar-refractivity contribution in [2.75, 3.05) is 26.2 Å². The van der Waals surface area contributed by atoms with Crippen molar-refractivity contribution in [3.8, 4) is 0 Å². The van der Waals surface area contributed by atoms with E-state index in [4.69, 9.17) is 5.73 Å². The van der Waals surface area contributed by atoms with E-state index in [1.54, 1.807) is 0 Å². The van der Waals surface area contributed by atoms with Gasteiger partial charge in [0, 0.05) is 12.6 Å². The average Bonchev–Trinajstić information content (AvgIpc) is 2.60. The van der Waals surface area contributed by atoms with Crippen LogP contribution in [0.15, 0.2) is 60.7 Å². The van der Waals surface area contributed by atoms with Crippen molar-refractivity contribution < 1.29 is 0 Å². The zero-order valence-electron chi connectivity index (χ0n) is 13.9. The molecule has 0 aliphatic heterocycles. The molecular formula is C20H29N3. The van der Waals surface area contributed by atoms with Gasteiger partial charge in [0.1, 0.15) is 0 Å². The maximum Gasteiger partial charge on any atom is 0.0177 e. The molecule has 0 saturated carbocycles. The second kappa shape index (κ2) is 10.9. The fourth-order valence-corrected chi connectivity index (χ4v) is 2.56. The van der Waals surface area contributed by atoms with Crippen molar-refractivity contribution in [2.24, 2.45) is 5.73 Å². The van der Waals surface area contributed by atoms with E-state index in [9.17, 15) is 0 Å². The van der Waals surface area contributed by atoms with Crippen LogP contribution in [0.3, 0.4) is 0 Å². The molecule has 0 spiro atoms. The Labute approximate surface area is 140 Å². The molecule has 0 fully saturated rings. The monoisotopic (exact) mass is 311 g/mol. The summed E-state index contributed by atoms with van der Waals surface area (Å²) >= 11 is 0. The number of benzene rings is 2. The summed E-state index contributed by atoms with van der Waals surface area (Å²) in [6.45, 7) is 3.86. The van der Waals surface area contributed by atoms with Crippen LogP contribution < -0.4 is 16.4 Å². The molecule has 0 amide bonds. The van der Waals surface area contributed by atoms with Gasteiger partial charge in [0.25, 0.3) is 0 Å². The molecule has 0 unspecified atom stereocenters. The molecule has 2 rings (SSSR count). The van der Waals surface area contributed by atoms with Crippen LogP contribution in [0.5, 0.6) is 0 Å². The molecule has 3 nitrogen and oxygen atoms in total. The Balaban J connectivity index is 1.45. The molecule has 2 aromatic rings. The zero-order valence-corrected chi connectivity index (χ0v) is 13.9. The van der Waals surface area contributed by atoms with Crippen LogP contribution in [0.2, 0.25) is 0 Å². The normalized spacial score (nSPS) is 12.2. The van der Waals surface area contributed by atoms with Crippen molar-refractivity contribution >= 4 is 0 Å². The SMILES string of the molecule is N[C@@H](CCNCCc1ccccc1)CNCCc1ccccc1. The molecule has 0 aliphatic rings. The molecule has 3 heteroatoms. The van der Waals surface area contributed by atoms with Gasteiger partial charge >= 0.3 is 0 Å². The predicted molar refractivity (Wildman–Crippen MR) is 98.6 cm³/mol. The van der Waals surface area contributed by atoms with Gasteiger partial charge in [-0.2, -0.15) is 0 Å². The minimum atomic E-state index is 0.218. The van der Waals surface area contributed by atoms with Crippen molar-refractivity contribution in [3.63, 3.8) is 0 Å². The van der Waals surface area contributed by atoms with Gasteiger partial charge in [-0.05, 0) is 50.0 Å². The van der Waals surface area contributed by atoms with E-state index in [-0.39, 0.29) is 6.04 Å². The summed E-state index contributed by atoms with van der Waals surface area (Å²) in [7, 11) is 0. The van der Waals surface area contributed by atoms with Crippen LogP contribution in [0.4, 0.5) is 0 Å². The molecular weight excluding hydrogens is 282 g/mol. The lowest BCUT2D eigenvalue weighted by Crippen LogP contribution is -2.37. The first-order valence-electron chi connectivity index (χ1n) is 8.59. The summed E-state index contributed by atoms with van der Waals surface area (Å²) in [6.07, 6.45) is 3.14. The van der Waals surface area contributed by atoms with E-state index in [1.807, 2.05) is 0 Å². The molecule has 4 N–H and O–H groups in total. The van der Waals surface area contributed by atoms with Gasteiger partial charge in [0.15, 0.2) is 0 Å². The summed E-state index contributed by atoms with van der Waals surface area (Å²) in [4.78, 5) is 0. The summed E-state index contributed by atoms with van der Waals surface area (Å²) in [5, 5.41) is 6.92. The Morgan fingerprint density at radius 3 is 1.78 bits per heavy atom. The highest BCUT2D eigenvalue weighted by Gasteiger charge is 2.01. The quantitative estimate of drug-likeness (QED) is 0.558. The molecule has 1 atom stereocenters. The van der Waals surface area contributed by atoms with Gasteiger partial charge in [-0.15, -0.1) is 0 Å². The first-order chi connectivity index (χ1) is 11.3. The minimum Gasteiger partial charge on any atom is -0.327 e. The first kappa shape index (κ1) is 17.7. The largest absolute Gasteiger partial charge is 0.327 e. The molecule has 124 valence electrons. The molecule has 2 aromatic carbocycles. The van der Waals surface area contributed by atoms with Crippen LogP contribution in [0.25, 0.3) is 0 Å². The second-order valence-electron chi connectivity index (χ2n) is 5.97. The van der Waals surface area contributed by atoms with E-state index < -0.39 is 0 Å². The molecule has 0 radical (unpaired) electrons. The second-order valence-corrected chi connectivity index (χ2v) is 5.97. The van der Waals surface area contributed by atoms with Crippen LogP contribution in [-0.2, 0) is 12.8 Å². The fraction of sp³-hybridized carbons (Fsp3) is 0.400. The highest BCUT2D eigenvalue weighted by atomic mass is 14.9. The van der Waals surface area contributed by atoms with Gasteiger partial charge in [-0.1, -0.05) is 60.7 Å². The van der Waals surface area contributed by atoms with E-state index in [0.29, 0.717) is 0 Å². The first-order valence-corrected chi connectivity index (χ1v) is 8.59. The van der Waals surface area contributed by atoms with E-state index in [0.717, 1.165) is 45.4 Å². The summed E-state index contributed by atoms with van der Waals surface area (Å²) < 4.78 is 0. The maximum absolute atomic E-state index is 6.14. The number of hydrogen-bond acceptors (Lipinski definition) is 3. The summed E-state index contributed by atoms with van der Waals surface area (Å²) in [5.74, 6) is 0. The van der Waals surface area contributed by atoms with E-state index >= 15 is 0 Å². The Morgan fingerprint density at radius 2 is 1.22 bits per heavy atom. The zero-order chi connectivity index (χ0) is 16.2. The molecule has 0 aliphatic carbocycles. The number of hydrogen-bond donors (Lipinski definition) is 3. The predicted octanol–water partition coefficient (Wildman–Crippen LogP) is 2.37. The molecule has 0 bridgehead atoms. The Bertz CT molecular complexity index is 513. The summed E-state index contributed by atoms with van der Waals surface area (Å²) in [5.41, 5.74) is 8.90. The molecule has 0 saturated heterocycles. The minimum absolute atomic E-state index is 0.218. The third-order valence-corrected chi connectivity index (χ3v) is 3.96. The smallest absolute Gasteiger partial charge is 0.0177 e. The van der Waals surface area contributed by atoms with Crippen molar-refractivity contribution in [1.29, 1.82) is 0 Å². The standard InChI is InChI=1S/C20H29N3/c21-20(17-23-15-12-19-9-5-2-6-10-19)13-16-22-14-11-18-7-3-1-4-8-18/h1-10,20,22-23H,11-17,21H2/t20-/m0/s1. The van der Waals surface area contributed by atoms with Crippen molar-refractivity contribution in [1.82, 2.24) is 10.6 Å². The Hall–Kier alpha value is -1.68. The highest BCUT2D eigenvalue weighted by molar-refractivity contribution is 5.15. The third-order valence-electron chi connectivity index (χ3n) is 3.96. The van der Waals surface area contributed by atoms with E-state index in [2.05, 4.69) is 71.3 Å². The topological polar surface area (TPSA) is 50.1 Å². The number of rotatable bonds is 11. The van der Waals surface area contributed by atoms with Crippen LogP contribution in [-0.4, -0.2) is 32.2 Å². The average molecular weight is 311 g/mol. The number of nitrogens with two attached hydrogens (primary N) is 1. The number of nitrogens with one attached hydrogen (secondary N) is 2. The van der Waals surface area contributed by atoms with Gasteiger partial charge in [-0.25, -0.2) is 0 Å². The van der Waals surface area contributed by atoms with Crippen molar-refractivity contribution in [3.05, 3.63) is 71.8 Å². The van der Waals surface area contributed by atoms with Crippen molar-refractivity contribution in [2.45, 2.75) is 25.3 Å². The third kappa shape index (κ3) is 7.93. The molecule has 0 aromatic heterocycles. The summed E-state index contributed by atoms with van der Waals surface area (Å²) in [6, 6.07) is 21.3. The van der Waals surface area contributed by atoms with Gasteiger partial charge < -0.3 is 16.4 Å². The highest BCUT2D eigenvalue weighted by Crippen LogP contribution is 1.99. The lowest BCUT2D eigenvalue weighted by molar-refractivity contribution is 0.521. The molecule has 23 heavy (non-hydrogen) atoms. The van der Waals surface area contributed by atoms with Gasteiger partial charge in [0.2, 0.25) is 0 Å². The van der Waals surface area contributed by atoms with Crippen LogP contribution >= 0.6 is 0 Å². The van der Waals surface area contributed by atoms with Gasteiger partial charge in [-0.3, -0.25) is 0 Å². The Kier molecular flexibility index (Phi) is 8.41. The lowest BCUT2D eigenvalue weighted by Gasteiger charge is -2.13.